The molecule has 35 heavy (non-hydrogen) atoms. The second-order valence-electron chi connectivity index (χ2n) is 9.37. The third kappa shape index (κ3) is 3.97. The second-order valence-corrected chi connectivity index (χ2v) is 14.4. The van der Waals surface area contributed by atoms with Crippen molar-refractivity contribution in [1.29, 1.82) is 0 Å². The van der Waals surface area contributed by atoms with Gasteiger partial charge in [0.1, 0.15) is 10.6 Å². The molecule has 4 atom stereocenters. The molecule has 2 saturated heterocycles. The first-order valence-electron chi connectivity index (χ1n) is 11.5. The van der Waals surface area contributed by atoms with Gasteiger partial charge in [-0.25, -0.2) is 25.6 Å². The predicted octanol–water partition coefficient (Wildman–Crippen LogP) is 4.44. The highest BCUT2D eigenvalue weighted by atomic mass is 35.5. The molecular formula is C24H25ClF2O6S2. The minimum absolute atomic E-state index is 0.0131. The van der Waals surface area contributed by atoms with E-state index in [1.165, 1.54) is 24.3 Å². The van der Waals surface area contributed by atoms with Gasteiger partial charge in [-0.3, -0.25) is 0 Å². The van der Waals surface area contributed by atoms with E-state index in [4.69, 9.17) is 21.1 Å². The summed E-state index contributed by atoms with van der Waals surface area (Å²) < 4.78 is 93.0. The van der Waals surface area contributed by atoms with Crippen LogP contribution in [0.5, 0.6) is 5.75 Å². The molecule has 0 radical (unpaired) electrons. The largest absolute Gasteiger partial charge is 0.490 e. The molecule has 2 unspecified atom stereocenters. The third-order valence-corrected chi connectivity index (χ3v) is 12.7. The Balaban J connectivity index is 1.62. The highest BCUT2D eigenvalue weighted by Gasteiger charge is 2.61. The van der Waals surface area contributed by atoms with E-state index >= 15 is 4.39 Å². The summed E-state index contributed by atoms with van der Waals surface area (Å²) in [6, 6.07) is 7.40. The average molecular weight is 547 g/mol. The highest BCUT2D eigenvalue weighted by Crippen LogP contribution is 2.56. The van der Waals surface area contributed by atoms with Crippen molar-refractivity contribution in [3.63, 3.8) is 0 Å². The number of sulfone groups is 2. The molecular weight excluding hydrogens is 522 g/mol. The Hall–Kier alpha value is -1.75. The minimum atomic E-state index is -4.29. The lowest BCUT2D eigenvalue weighted by Crippen LogP contribution is -2.57. The minimum Gasteiger partial charge on any atom is -0.490 e. The Morgan fingerprint density at radius 1 is 1.06 bits per heavy atom. The van der Waals surface area contributed by atoms with Crippen LogP contribution in [0.25, 0.3) is 0 Å². The molecule has 11 heteroatoms. The molecule has 0 amide bonds. The lowest BCUT2D eigenvalue weighted by Gasteiger charge is -2.50. The van der Waals surface area contributed by atoms with Gasteiger partial charge in [0.2, 0.25) is 0 Å². The molecule has 2 fully saturated rings. The van der Waals surface area contributed by atoms with Crippen molar-refractivity contribution in [3.8, 4) is 5.75 Å². The maximum absolute atomic E-state index is 15.4. The van der Waals surface area contributed by atoms with Crippen LogP contribution in [-0.2, 0) is 29.2 Å². The van der Waals surface area contributed by atoms with Gasteiger partial charge >= 0.3 is 0 Å². The van der Waals surface area contributed by atoms with Crippen molar-refractivity contribution in [1.82, 2.24) is 0 Å². The number of halogens is 3. The Morgan fingerprint density at radius 3 is 2.46 bits per heavy atom. The summed E-state index contributed by atoms with van der Waals surface area (Å²) in [6.45, 7) is -0.219. The van der Waals surface area contributed by atoms with E-state index in [0.29, 0.717) is 24.3 Å². The maximum atomic E-state index is 15.4. The van der Waals surface area contributed by atoms with Gasteiger partial charge in [-0.1, -0.05) is 11.6 Å². The number of benzene rings is 2. The molecule has 0 bridgehead atoms. The highest BCUT2D eigenvalue weighted by molar-refractivity contribution is 7.92. The fourth-order valence-electron chi connectivity index (χ4n) is 5.87. The van der Waals surface area contributed by atoms with Crippen molar-refractivity contribution in [3.05, 3.63) is 58.6 Å². The molecule has 6 nitrogen and oxygen atoms in total. The van der Waals surface area contributed by atoms with Crippen molar-refractivity contribution in [2.45, 2.75) is 53.1 Å². The standard InChI is InChI=1S/C24H25ClF2O6S2/c25-15-3-5-17(6-4-15)35(30,31)24-11-12-32-21(10-7-16-2-1-13-34(16,28)29)18(24)14-33-23-20(27)9-8-19(26)22(23)24/h3-6,8-9,16,18,21H,1-2,7,10-14H2/t16?,18?,21-,24-/m0/s1. The predicted molar refractivity (Wildman–Crippen MR) is 126 cm³/mol. The lowest BCUT2D eigenvalue weighted by molar-refractivity contribution is -0.0765. The van der Waals surface area contributed by atoms with Gasteiger partial charge < -0.3 is 9.47 Å². The van der Waals surface area contributed by atoms with E-state index in [1.807, 2.05) is 0 Å². The van der Waals surface area contributed by atoms with Crippen molar-refractivity contribution >= 4 is 31.3 Å². The molecule has 5 rings (SSSR count). The molecule has 2 aromatic rings. The van der Waals surface area contributed by atoms with Crippen LogP contribution in [0.4, 0.5) is 8.78 Å². The Labute approximate surface area is 208 Å². The van der Waals surface area contributed by atoms with Gasteiger partial charge in [-0.15, -0.1) is 0 Å². The molecule has 0 N–H and O–H groups in total. The third-order valence-electron chi connectivity index (χ3n) is 7.58. The van der Waals surface area contributed by atoms with Gasteiger partial charge in [-0.05, 0) is 68.5 Å². The molecule has 2 aromatic carbocycles. The molecule has 0 aliphatic carbocycles. The Kier molecular flexibility index (Phi) is 6.39. The quantitative estimate of drug-likeness (QED) is 0.551. The van der Waals surface area contributed by atoms with E-state index in [-0.39, 0.29) is 42.3 Å². The fraction of sp³-hybridized carbons (Fsp3) is 0.500. The molecule has 0 saturated carbocycles. The molecule has 0 spiro atoms. The molecule has 3 heterocycles. The van der Waals surface area contributed by atoms with E-state index in [2.05, 4.69) is 0 Å². The zero-order valence-corrected chi connectivity index (χ0v) is 21.1. The van der Waals surface area contributed by atoms with E-state index in [1.54, 1.807) is 0 Å². The summed E-state index contributed by atoms with van der Waals surface area (Å²) in [4.78, 5) is -0.0672. The molecule has 190 valence electrons. The first-order valence-corrected chi connectivity index (χ1v) is 15.1. The SMILES string of the molecule is O=S1(=O)CCCC1CC[C@@H]1OCC[C@@]2(S(=O)(=O)c3ccc(Cl)cc3)c3c(F)ccc(F)c3OCC12. The smallest absolute Gasteiger partial charge is 0.189 e. The Bertz CT molecular complexity index is 1350. The summed E-state index contributed by atoms with van der Waals surface area (Å²) in [5, 5.41) is -0.175. The van der Waals surface area contributed by atoms with E-state index in [0.717, 1.165) is 12.1 Å². The monoisotopic (exact) mass is 546 g/mol. The number of hydrogen-bond acceptors (Lipinski definition) is 6. The fourth-order valence-corrected chi connectivity index (χ4v) is 10.3. The van der Waals surface area contributed by atoms with E-state index < -0.39 is 59.1 Å². The van der Waals surface area contributed by atoms with Crippen LogP contribution in [-0.4, -0.2) is 47.2 Å². The first-order chi connectivity index (χ1) is 16.6. The number of ether oxygens (including phenoxy) is 2. The summed E-state index contributed by atoms with van der Waals surface area (Å²) in [5.74, 6) is -2.85. The van der Waals surface area contributed by atoms with Crippen LogP contribution < -0.4 is 4.74 Å². The van der Waals surface area contributed by atoms with Crippen molar-refractivity contribution < 1.29 is 35.1 Å². The normalized spacial score (nSPS) is 29.7. The number of rotatable bonds is 5. The lowest BCUT2D eigenvalue weighted by atomic mass is 9.74. The molecule has 0 aromatic heterocycles. The maximum Gasteiger partial charge on any atom is 0.189 e. The zero-order chi connectivity index (χ0) is 25.0. The van der Waals surface area contributed by atoms with Crippen LogP contribution in [0.3, 0.4) is 0 Å². The summed E-state index contributed by atoms with van der Waals surface area (Å²) in [6.07, 6.45) is 0.904. The summed E-state index contributed by atoms with van der Waals surface area (Å²) in [7, 11) is -7.49. The van der Waals surface area contributed by atoms with E-state index in [9.17, 15) is 21.2 Å². The van der Waals surface area contributed by atoms with Crippen molar-refractivity contribution in [2.75, 3.05) is 19.0 Å². The summed E-state index contributed by atoms with van der Waals surface area (Å²) in [5.41, 5.74) is -0.328. The Morgan fingerprint density at radius 2 is 1.77 bits per heavy atom. The topological polar surface area (TPSA) is 86.7 Å². The van der Waals surface area contributed by atoms with Gasteiger partial charge in [0.05, 0.1) is 34.2 Å². The number of hydrogen-bond donors (Lipinski definition) is 0. The van der Waals surface area contributed by atoms with Crippen LogP contribution in [0, 0.1) is 17.6 Å². The van der Waals surface area contributed by atoms with Crippen LogP contribution in [0.2, 0.25) is 5.02 Å². The van der Waals surface area contributed by atoms with Gasteiger partial charge in [0.15, 0.2) is 31.2 Å². The first kappa shape index (κ1) is 24.9. The molecule has 3 aliphatic rings. The number of fused-ring (bicyclic) bond motifs is 3. The van der Waals surface area contributed by atoms with Gasteiger partial charge in [0.25, 0.3) is 0 Å². The van der Waals surface area contributed by atoms with Crippen LogP contribution in [0.1, 0.15) is 37.7 Å². The second kappa shape index (κ2) is 8.97. The van der Waals surface area contributed by atoms with Crippen LogP contribution >= 0.6 is 11.6 Å². The van der Waals surface area contributed by atoms with Gasteiger partial charge in [-0.2, -0.15) is 0 Å². The van der Waals surface area contributed by atoms with Crippen molar-refractivity contribution in [2.24, 2.45) is 5.92 Å². The zero-order valence-electron chi connectivity index (χ0n) is 18.8. The van der Waals surface area contributed by atoms with Gasteiger partial charge in [0, 0.05) is 17.5 Å². The average Bonchev–Trinajstić information content (AvgIpc) is 3.17. The van der Waals surface area contributed by atoms with Crippen LogP contribution in [0.15, 0.2) is 41.3 Å². The summed E-state index contributed by atoms with van der Waals surface area (Å²) >= 11 is 5.97. The molecule has 3 aliphatic heterocycles.